The van der Waals surface area contributed by atoms with Gasteiger partial charge in [0.25, 0.3) is 0 Å². The Hall–Kier alpha value is -2.57. The highest BCUT2D eigenvalue weighted by Gasteiger charge is 2.43. The average molecular weight is 490 g/mol. The fourth-order valence-electron chi connectivity index (χ4n) is 3.86. The summed E-state index contributed by atoms with van der Waals surface area (Å²) in [6.07, 6.45) is 1.82. The van der Waals surface area contributed by atoms with Gasteiger partial charge in [0.2, 0.25) is 11.8 Å². The van der Waals surface area contributed by atoms with Crippen LogP contribution >= 0.6 is 0 Å². The Morgan fingerprint density at radius 3 is 2.17 bits per heavy atom. The van der Waals surface area contributed by atoms with Gasteiger partial charge in [-0.1, -0.05) is 63.4 Å². The maximum atomic E-state index is 14.2. The molecule has 0 aliphatic heterocycles. The molecule has 0 spiro atoms. The van der Waals surface area contributed by atoms with Gasteiger partial charge in [0, 0.05) is 12.1 Å². The summed E-state index contributed by atoms with van der Waals surface area (Å²) < 4.78 is 5.45. The van der Waals surface area contributed by atoms with Gasteiger partial charge in [-0.3, -0.25) is 9.59 Å². The van der Waals surface area contributed by atoms with Crippen molar-refractivity contribution in [3.63, 3.8) is 0 Å². The van der Waals surface area contributed by atoms with Crippen LogP contribution in [-0.4, -0.2) is 46.5 Å². The molecule has 0 bridgehead atoms. The first-order valence-electron chi connectivity index (χ1n) is 12.8. The van der Waals surface area contributed by atoms with Crippen molar-refractivity contribution < 1.29 is 19.1 Å². The van der Waals surface area contributed by atoms with Crippen molar-refractivity contribution >= 4 is 17.9 Å². The summed E-state index contributed by atoms with van der Waals surface area (Å²) in [6.45, 7) is 19.5. The summed E-state index contributed by atoms with van der Waals surface area (Å²) in [4.78, 5) is 42.1. The topological polar surface area (TPSA) is 87.7 Å². The largest absolute Gasteiger partial charge is 0.444 e. The number of carbonyl (C=O) groups is 3. The normalized spacial score (nSPS) is 14.5. The van der Waals surface area contributed by atoms with Crippen molar-refractivity contribution in [3.8, 4) is 0 Å². The van der Waals surface area contributed by atoms with Gasteiger partial charge < -0.3 is 20.3 Å². The van der Waals surface area contributed by atoms with Gasteiger partial charge in [-0.25, -0.2) is 4.79 Å². The molecule has 0 aliphatic rings. The number of unbranched alkanes of at least 4 members (excludes halogenated alkanes) is 1. The lowest BCUT2D eigenvalue weighted by molar-refractivity contribution is -0.149. The fourth-order valence-corrected chi connectivity index (χ4v) is 3.86. The van der Waals surface area contributed by atoms with E-state index < -0.39 is 29.3 Å². The molecule has 1 aromatic rings. The maximum absolute atomic E-state index is 14.2. The number of benzene rings is 1. The molecule has 35 heavy (non-hydrogen) atoms. The minimum atomic E-state index is -0.843. The van der Waals surface area contributed by atoms with Crippen LogP contribution in [0.15, 0.2) is 24.3 Å². The first-order valence-corrected chi connectivity index (χ1v) is 12.8. The van der Waals surface area contributed by atoms with E-state index >= 15 is 0 Å². The van der Waals surface area contributed by atoms with Crippen LogP contribution < -0.4 is 10.6 Å². The molecule has 0 saturated heterocycles. The summed E-state index contributed by atoms with van der Waals surface area (Å²) in [7, 11) is 0. The third-order valence-electron chi connectivity index (χ3n) is 5.81. The molecule has 3 amide bonds. The predicted molar refractivity (Wildman–Crippen MR) is 141 cm³/mol. The SMILES string of the molecule is CCCCNC(=O)C(c1cccc(C)c1)N(C(=O)C(NC(=O)OC(C)(C)C)C(C)CC)C(C)(C)C. The van der Waals surface area contributed by atoms with Crippen molar-refractivity contribution in [2.45, 2.75) is 112 Å². The van der Waals surface area contributed by atoms with Crippen molar-refractivity contribution in [3.05, 3.63) is 35.4 Å². The number of hydrogen-bond acceptors (Lipinski definition) is 4. The molecule has 1 rings (SSSR count). The van der Waals surface area contributed by atoms with Crippen LogP contribution in [0, 0.1) is 12.8 Å². The molecule has 0 heterocycles. The summed E-state index contributed by atoms with van der Waals surface area (Å²) >= 11 is 0. The van der Waals surface area contributed by atoms with Gasteiger partial charge in [-0.15, -0.1) is 0 Å². The number of nitrogens with one attached hydrogen (secondary N) is 2. The Balaban J connectivity index is 3.54. The number of amides is 3. The van der Waals surface area contributed by atoms with Crippen LogP contribution in [0.4, 0.5) is 4.79 Å². The molecule has 0 aromatic heterocycles. The lowest BCUT2D eigenvalue weighted by Crippen LogP contribution is -2.60. The summed E-state index contributed by atoms with van der Waals surface area (Å²) in [5.74, 6) is -0.705. The number of aryl methyl sites for hydroxylation is 1. The third-order valence-corrected chi connectivity index (χ3v) is 5.81. The number of alkyl carbamates (subject to hydrolysis) is 1. The summed E-state index contributed by atoms with van der Waals surface area (Å²) in [5, 5.41) is 5.82. The Labute approximate surface area is 212 Å². The van der Waals surface area contributed by atoms with Gasteiger partial charge in [0.05, 0.1) is 0 Å². The molecule has 0 radical (unpaired) electrons. The molecule has 0 aliphatic carbocycles. The summed E-state index contributed by atoms with van der Waals surface area (Å²) in [6, 6.07) is 5.99. The second kappa shape index (κ2) is 12.9. The third kappa shape index (κ3) is 9.54. The molecular formula is C28H47N3O4. The van der Waals surface area contributed by atoms with E-state index in [-0.39, 0.29) is 17.7 Å². The molecule has 3 atom stereocenters. The zero-order chi connectivity index (χ0) is 27.0. The van der Waals surface area contributed by atoms with E-state index in [1.165, 1.54) is 0 Å². The summed E-state index contributed by atoms with van der Waals surface area (Å²) in [5.41, 5.74) is 0.345. The van der Waals surface area contributed by atoms with E-state index in [1.54, 1.807) is 25.7 Å². The predicted octanol–water partition coefficient (Wildman–Crippen LogP) is 5.52. The Bertz CT molecular complexity index is 854. The first-order chi connectivity index (χ1) is 16.1. The second-order valence-corrected chi connectivity index (χ2v) is 11.3. The van der Waals surface area contributed by atoms with Gasteiger partial charge in [-0.2, -0.15) is 0 Å². The van der Waals surface area contributed by atoms with Gasteiger partial charge in [0.15, 0.2) is 0 Å². The minimum absolute atomic E-state index is 0.166. The van der Waals surface area contributed by atoms with Crippen LogP contribution in [0.2, 0.25) is 0 Å². The van der Waals surface area contributed by atoms with Crippen LogP contribution in [-0.2, 0) is 14.3 Å². The van der Waals surface area contributed by atoms with Crippen molar-refractivity contribution in [2.24, 2.45) is 5.92 Å². The number of rotatable bonds is 10. The lowest BCUT2D eigenvalue weighted by Gasteiger charge is -2.44. The van der Waals surface area contributed by atoms with E-state index in [0.717, 1.165) is 24.0 Å². The fraction of sp³-hybridized carbons (Fsp3) is 0.679. The standard InChI is InChI=1S/C28H47N3O4/c1-11-13-17-29-24(32)23(21-16-14-15-19(3)18-21)31(27(5,6)7)25(33)22(20(4)12-2)30-26(34)35-28(8,9)10/h14-16,18,20,22-23H,11-13,17H2,1-10H3,(H,29,32)(H,30,34). The number of ether oxygens (including phenoxy) is 1. The monoisotopic (exact) mass is 489 g/mol. The second-order valence-electron chi connectivity index (χ2n) is 11.3. The highest BCUT2D eigenvalue weighted by Crippen LogP contribution is 2.31. The van der Waals surface area contributed by atoms with Gasteiger partial charge in [-0.05, 0) is 66.4 Å². The van der Waals surface area contributed by atoms with Crippen LogP contribution in [0.3, 0.4) is 0 Å². The average Bonchev–Trinajstić information content (AvgIpc) is 2.72. The van der Waals surface area contributed by atoms with E-state index in [0.29, 0.717) is 13.0 Å². The quantitative estimate of drug-likeness (QED) is 0.424. The maximum Gasteiger partial charge on any atom is 0.408 e. The number of carbonyl (C=O) groups excluding carboxylic acids is 3. The Morgan fingerprint density at radius 1 is 1.06 bits per heavy atom. The Morgan fingerprint density at radius 2 is 1.69 bits per heavy atom. The molecular weight excluding hydrogens is 442 g/mol. The molecule has 198 valence electrons. The highest BCUT2D eigenvalue weighted by molar-refractivity contribution is 5.92. The van der Waals surface area contributed by atoms with E-state index in [4.69, 9.17) is 4.74 Å². The van der Waals surface area contributed by atoms with E-state index in [1.807, 2.05) is 65.8 Å². The molecule has 0 saturated carbocycles. The van der Waals surface area contributed by atoms with Crippen molar-refractivity contribution in [1.82, 2.24) is 15.5 Å². The van der Waals surface area contributed by atoms with Crippen LogP contribution in [0.1, 0.15) is 98.7 Å². The molecule has 1 aromatic carbocycles. The van der Waals surface area contributed by atoms with Gasteiger partial charge >= 0.3 is 6.09 Å². The highest BCUT2D eigenvalue weighted by atomic mass is 16.6. The first kappa shape index (κ1) is 30.5. The van der Waals surface area contributed by atoms with Gasteiger partial charge in [0.1, 0.15) is 17.7 Å². The molecule has 0 fully saturated rings. The molecule has 3 unspecified atom stereocenters. The minimum Gasteiger partial charge on any atom is -0.444 e. The Kier molecular flexibility index (Phi) is 11.3. The molecule has 2 N–H and O–H groups in total. The molecule has 7 heteroatoms. The van der Waals surface area contributed by atoms with Crippen molar-refractivity contribution in [1.29, 1.82) is 0 Å². The van der Waals surface area contributed by atoms with Crippen LogP contribution in [0.5, 0.6) is 0 Å². The number of nitrogens with zero attached hydrogens (tertiary/aromatic N) is 1. The van der Waals surface area contributed by atoms with E-state index in [2.05, 4.69) is 17.6 Å². The smallest absolute Gasteiger partial charge is 0.408 e. The van der Waals surface area contributed by atoms with Crippen LogP contribution in [0.25, 0.3) is 0 Å². The van der Waals surface area contributed by atoms with E-state index in [9.17, 15) is 14.4 Å². The number of hydrogen-bond donors (Lipinski definition) is 2. The lowest BCUT2D eigenvalue weighted by atomic mass is 9.91. The zero-order valence-corrected chi connectivity index (χ0v) is 23.5. The van der Waals surface area contributed by atoms with Crippen molar-refractivity contribution in [2.75, 3.05) is 6.54 Å². The zero-order valence-electron chi connectivity index (χ0n) is 23.5. The molecule has 7 nitrogen and oxygen atoms in total.